The number of benzene rings is 1. The largest absolute Gasteiger partial charge is 0.378 e. The van der Waals surface area contributed by atoms with Gasteiger partial charge in [0.05, 0.1) is 6.10 Å². The Balaban J connectivity index is 2.02. The molecule has 0 spiro atoms. The van der Waals surface area contributed by atoms with Crippen molar-refractivity contribution in [3.63, 3.8) is 0 Å². The van der Waals surface area contributed by atoms with E-state index in [2.05, 4.69) is 19.2 Å². The van der Waals surface area contributed by atoms with E-state index in [1.165, 1.54) is 0 Å². The first-order valence-corrected chi connectivity index (χ1v) is 8.49. The van der Waals surface area contributed by atoms with Gasteiger partial charge in [-0.05, 0) is 31.2 Å². The van der Waals surface area contributed by atoms with Crippen LogP contribution in [0, 0.1) is 11.8 Å². The lowest BCUT2D eigenvalue weighted by atomic mass is 9.87. The van der Waals surface area contributed by atoms with Gasteiger partial charge in [0.1, 0.15) is 0 Å². The predicted molar refractivity (Wildman–Crippen MR) is 91.1 cm³/mol. The van der Waals surface area contributed by atoms with Crippen molar-refractivity contribution in [1.29, 1.82) is 0 Å². The Morgan fingerprint density at radius 3 is 2.70 bits per heavy atom. The third-order valence-corrected chi connectivity index (χ3v) is 4.84. The lowest BCUT2D eigenvalue weighted by molar-refractivity contribution is -0.143. The first-order chi connectivity index (χ1) is 11.0. The van der Waals surface area contributed by atoms with E-state index in [-0.39, 0.29) is 12.0 Å². The molecule has 1 saturated heterocycles. The van der Waals surface area contributed by atoms with Crippen LogP contribution in [0.15, 0.2) is 30.3 Å². The SMILES string of the molecule is CO[C@](C)(C(=O)NC[C@H]1CCCO[C@H]1C(C)C)c1ccccc1. The number of nitrogens with one attached hydrogen (secondary N) is 1. The zero-order valence-electron chi connectivity index (χ0n) is 14.7. The van der Waals surface area contributed by atoms with Crippen LogP contribution in [0.25, 0.3) is 0 Å². The van der Waals surface area contributed by atoms with Gasteiger partial charge in [-0.25, -0.2) is 0 Å². The van der Waals surface area contributed by atoms with Crippen molar-refractivity contribution in [2.24, 2.45) is 11.8 Å². The molecular formula is C19H29NO3. The summed E-state index contributed by atoms with van der Waals surface area (Å²) >= 11 is 0. The Bertz CT molecular complexity index is 503. The predicted octanol–water partition coefficient (Wildman–Crippen LogP) is 3.12. The summed E-state index contributed by atoms with van der Waals surface area (Å²) in [6, 6.07) is 9.62. The molecule has 4 heteroatoms. The van der Waals surface area contributed by atoms with Crippen LogP contribution in [0.1, 0.15) is 39.2 Å². The molecule has 1 N–H and O–H groups in total. The van der Waals surface area contributed by atoms with E-state index in [4.69, 9.17) is 9.47 Å². The van der Waals surface area contributed by atoms with Crippen molar-refractivity contribution < 1.29 is 14.3 Å². The Morgan fingerprint density at radius 1 is 1.39 bits per heavy atom. The summed E-state index contributed by atoms with van der Waals surface area (Å²) in [6.07, 6.45) is 2.37. The summed E-state index contributed by atoms with van der Waals surface area (Å²) in [5.41, 5.74) is -0.107. The molecule has 1 aromatic rings. The molecular weight excluding hydrogens is 290 g/mol. The number of ether oxygens (including phenoxy) is 2. The second-order valence-electron chi connectivity index (χ2n) is 6.80. The minimum atomic E-state index is -0.968. The van der Waals surface area contributed by atoms with Crippen LogP contribution in [-0.4, -0.2) is 32.3 Å². The van der Waals surface area contributed by atoms with Crippen molar-refractivity contribution in [1.82, 2.24) is 5.32 Å². The third kappa shape index (κ3) is 4.12. The fourth-order valence-corrected chi connectivity index (χ4v) is 3.31. The second kappa shape index (κ2) is 7.93. The number of carbonyl (C=O) groups excluding carboxylic acids is 1. The molecule has 4 nitrogen and oxygen atoms in total. The maximum atomic E-state index is 12.7. The molecule has 128 valence electrons. The van der Waals surface area contributed by atoms with Gasteiger partial charge in [0, 0.05) is 26.2 Å². The third-order valence-electron chi connectivity index (χ3n) is 4.84. The van der Waals surface area contributed by atoms with E-state index >= 15 is 0 Å². The van der Waals surface area contributed by atoms with Crippen molar-refractivity contribution >= 4 is 5.91 Å². The molecule has 1 fully saturated rings. The zero-order chi connectivity index (χ0) is 16.9. The standard InChI is InChI=1S/C19H29NO3/c1-14(2)17-15(9-8-12-23-17)13-20-18(21)19(3,22-4)16-10-6-5-7-11-16/h5-7,10-11,14-15,17H,8-9,12-13H2,1-4H3,(H,20,21)/t15-,17+,19+/m1/s1. The summed E-state index contributed by atoms with van der Waals surface area (Å²) in [5, 5.41) is 3.08. The minimum Gasteiger partial charge on any atom is -0.378 e. The van der Waals surface area contributed by atoms with E-state index in [9.17, 15) is 4.79 Å². The van der Waals surface area contributed by atoms with Crippen LogP contribution in [0.2, 0.25) is 0 Å². The van der Waals surface area contributed by atoms with Crippen LogP contribution in [0.3, 0.4) is 0 Å². The molecule has 0 unspecified atom stereocenters. The van der Waals surface area contributed by atoms with Crippen molar-refractivity contribution in [2.75, 3.05) is 20.3 Å². The molecule has 1 aliphatic rings. The summed E-state index contributed by atoms with van der Waals surface area (Å²) in [4.78, 5) is 12.7. The molecule has 0 bridgehead atoms. The number of hydrogen-bond acceptors (Lipinski definition) is 3. The second-order valence-corrected chi connectivity index (χ2v) is 6.80. The number of carbonyl (C=O) groups is 1. The first-order valence-electron chi connectivity index (χ1n) is 8.49. The number of rotatable bonds is 6. The zero-order valence-corrected chi connectivity index (χ0v) is 14.7. The molecule has 1 heterocycles. The van der Waals surface area contributed by atoms with Gasteiger partial charge in [-0.3, -0.25) is 4.79 Å². The highest BCUT2D eigenvalue weighted by Crippen LogP contribution is 2.27. The molecule has 0 radical (unpaired) electrons. The Hall–Kier alpha value is -1.39. The molecule has 1 amide bonds. The van der Waals surface area contributed by atoms with Gasteiger partial charge >= 0.3 is 0 Å². The number of hydrogen-bond donors (Lipinski definition) is 1. The molecule has 2 rings (SSSR count). The molecule has 23 heavy (non-hydrogen) atoms. The molecule has 0 saturated carbocycles. The summed E-state index contributed by atoms with van der Waals surface area (Å²) in [7, 11) is 1.58. The maximum Gasteiger partial charge on any atom is 0.256 e. The lowest BCUT2D eigenvalue weighted by Crippen LogP contribution is -2.48. The Kier molecular flexibility index (Phi) is 6.19. The first kappa shape index (κ1) is 18.0. The van der Waals surface area contributed by atoms with Gasteiger partial charge in [-0.2, -0.15) is 0 Å². The maximum absolute atomic E-state index is 12.7. The van der Waals surface area contributed by atoms with Gasteiger partial charge in [0.2, 0.25) is 0 Å². The van der Waals surface area contributed by atoms with E-state index < -0.39 is 5.60 Å². The Morgan fingerprint density at radius 2 is 2.09 bits per heavy atom. The summed E-state index contributed by atoms with van der Waals surface area (Å²) < 4.78 is 11.5. The average Bonchev–Trinajstić information content (AvgIpc) is 2.59. The fourth-order valence-electron chi connectivity index (χ4n) is 3.31. The normalized spacial score (nSPS) is 24.2. The molecule has 0 aromatic heterocycles. The van der Waals surface area contributed by atoms with Crippen LogP contribution < -0.4 is 5.32 Å². The molecule has 0 aliphatic carbocycles. The van der Waals surface area contributed by atoms with Gasteiger partial charge in [0.15, 0.2) is 5.60 Å². The van der Waals surface area contributed by atoms with Gasteiger partial charge in [-0.1, -0.05) is 44.2 Å². The highest BCUT2D eigenvalue weighted by molar-refractivity contribution is 5.86. The monoisotopic (exact) mass is 319 g/mol. The van der Waals surface area contributed by atoms with Crippen LogP contribution in [0.5, 0.6) is 0 Å². The van der Waals surface area contributed by atoms with Crippen LogP contribution in [-0.2, 0) is 19.9 Å². The van der Waals surface area contributed by atoms with Crippen LogP contribution in [0.4, 0.5) is 0 Å². The average molecular weight is 319 g/mol. The Labute approximate surface area is 139 Å². The molecule has 1 aliphatic heterocycles. The molecule has 3 atom stereocenters. The summed E-state index contributed by atoms with van der Waals surface area (Å²) in [5.74, 6) is 0.726. The highest BCUT2D eigenvalue weighted by Gasteiger charge is 2.36. The van der Waals surface area contributed by atoms with Gasteiger partial charge in [0.25, 0.3) is 5.91 Å². The number of amides is 1. The lowest BCUT2D eigenvalue weighted by Gasteiger charge is -2.35. The van der Waals surface area contributed by atoms with E-state index in [0.29, 0.717) is 18.4 Å². The van der Waals surface area contributed by atoms with E-state index in [0.717, 1.165) is 25.0 Å². The van der Waals surface area contributed by atoms with Crippen molar-refractivity contribution in [3.8, 4) is 0 Å². The quantitative estimate of drug-likeness (QED) is 0.876. The highest BCUT2D eigenvalue weighted by atomic mass is 16.5. The minimum absolute atomic E-state index is 0.0979. The van der Waals surface area contributed by atoms with Gasteiger partial charge in [-0.15, -0.1) is 0 Å². The van der Waals surface area contributed by atoms with Crippen molar-refractivity contribution in [2.45, 2.75) is 45.3 Å². The smallest absolute Gasteiger partial charge is 0.256 e. The van der Waals surface area contributed by atoms with Gasteiger partial charge < -0.3 is 14.8 Å². The van der Waals surface area contributed by atoms with Crippen LogP contribution >= 0.6 is 0 Å². The fraction of sp³-hybridized carbons (Fsp3) is 0.632. The molecule has 1 aromatic carbocycles. The van der Waals surface area contributed by atoms with E-state index in [1.807, 2.05) is 37.3 Å². The number of methoxy groups -OCH3 is 1. The summed E-state index contributed by atoms with van der Waals surface area (Å²) in [6.45, 7) is 7.62. The topological polar surface area (TPSA) is 47.6 Å². The van der Waals surface area contributed by atoms with Crippen molar-refractivity contribution in [3.05, 3.63) is 35.9 Å². The van der Waals surface area contributed by atoms with E-state index in [1.54, 1.807) is 7.11 Å².